The second-order valence-electron chi connectivity index (χ2n) is 8.48. The first-order chi connectivity index (χ1) is 16.8. The number of pyridine rings is 2. The zero-order chi connectivity index (χ0) is 24.8. The van der Waals surface area contributed by atoms with Crippen molar-refractivity contribution in [3.63, 3.8) is 0 Å². The van der Waals surface area contributed by atoms with Crippen molar-refractivity contribution in [1.29, 1.82) is 0 Å². The predicted octanol–water partition coefficient (Wildman–Crippen LogP) is 3.95. The van der Waals surface area contributed by atoms with Crippen LogP contribution in [0.15, 0.2) is 83.9 Å². The van der Waals surface area contributed by atoms with Crippen LogP contribution in [0.1, 0.15) is 17.5 Å². The van der Waals surface area contributed by atoms with Crippen LogP contribution < -0.4 is 14.6 Å². The minimum atomic E-state index is -3.47. The van der Waals surface area contributed by atoms with Crippen molar-refractivity contribution in [3.05, 3.63) is 101 Å². The fourth-order valence-corrected chi connectivity index (χ4v) is 5.10. The molecule has 0 aliphatic heterocycles. The molecule has 0 N–H and O–H groups in total. The molecule has 0 aliphatic carbocycles. The molecular formula is C27H29N3O4S. The summed E-state index contributed by atoms with van der Waals surface area (Å²) in [6.07, 6.45) is 6.82. The summed E-state index contributed by atoms with van der Waals surface area (Å²) >= 11 is 0. The third-order valence-corrected chi connectivity index (χ3v) is 7.12. The molecule has 35 heavy (non-hydrogen) atoms. The van der Waals surface area contributed by atoms with Gasteiger partial charge in [0.2, 0.25) is 10.0 Å². The van der Waals surface area contributed by atoms with E-state index in [2.05, 4.69) is 4.98 Å². The maximum Gasteiger partial charge on any atom is 0.250 e. The minimum absolute atomic E-state index is 0.0623. The van der Waals surface area contributed by atoms with Crippen LogP contribution in [0.5, 0.6) is 5.75 Å². The van der Waals surface area contributed by atoms with Gasteiger partial charge >= 0.3 is 0 Å². The van der Waals surface area contributed by atoms with Crippen LogP contribution in [0.4, 0.5) is 5.69 Å². The number of anilines is 1. The molecule has 2 aromatic carbocycles. The Labute approximate surface area is 205 Å². The number of sulfonamides is 1. The Balaban J connectivity index is 1.43. The lowest BCUT2D eigenvalue weighted by molar-refractivity contribution is 0.314. The topological polar surface area (TPSA) is 81.5 Å². The summed E-state index contributed by atoms with van der Waals surface area (Å²) in [6, 6.07) is 20.4. The van der Waals surface area contributed by atoms with Gasteiger partial charge in [0.1, 0.15) is 5.75 Å². The molecule has 2 aromatic heterocycles. The molecule has 0 atom stereocenters. The summed E-state index contributed by atoms with van der Waals surface area (Å²) < 4.78 is 34.3. The van der Waals surface area contributed by atoms with Crippen LogP contribution in [0, 0.1) is 0 Å². The first kappa shape index (κ1) is 24.5. The van der Waals surface area contributed by atoms with Gasteiger partial charge in [-0.2, -0.15) is 0 Å². The monoisotopic (exact) mass is 491 g/mol. The fourth-order valence-electron chi connectivity index (χ4n) is 4.11. The van der Waals surface area contributed by atoms with Crippen molar-refractivity contribution in [2.75, 3.05) is 23.7 Å². The molecule has 0 aliphatic rings. The zero-order valence-electron chi connectivity index (χ0n) is 19.9. The molecule has 0 spiro atoms. The third-order valence-electron chi connectivity index (χ3n) is 5.94. The molecule has 182 valence electrons. The Hall–Kier alpha value is -3.65. The number of para-hydroxylation sites is 1. The van der Waals surface area contributed by atoms with Crippen molar-refractivity contribution in [3.8, 4) is 5.75 Å². The Kier molecular flexibility index (Phi) is 7.51. The van der Waals surface area contributed by atoms with Crippen LogP contribution in [0.25, 0.3) is 10.9 Å². The van der Waals surface area contributed by atoms with E-state index in [4.69, 9.17) is 4.74 Å². The standard InChI is InChI=1S/C27H29N3O4S/c1-29-25-14-13-24(19-23(25)12-15-27(29)31)34-18-6-17-30(35(2,32)33)26-9-4-3-8-22(26)11-10-21-7-5-16-28-20-21/h3-5,7-9,12-16,19-20H,6,10-11,17-18H2,1-2H3. The van der Waals surface area contributed by atoms with Gasteiger partial charge < -0.3 is 9.30 Å². The highest BCUT2D eigenvalue weighted by molar-refractivity contribution is 7.92. The fraction of sp³-hybridized carbons (Fsp3) is 0.259. The smallest absolute Gasteiger partial charge is 0.250 e. The van der Waals surface area contributed by atoms with Gasteiger partial charge in [0.05, 0.1) is 24.1 Å². The average Bonchev–Trinajstić information content (AvgIpc) is 2.85. The van der Waals surface area contributed by atoms with Gasteiger partial charge in [-0.25, -0.2) is 8.42 Å². The Morgan fingerprint density at radius 3 is 2.60 bits per heavy atom. The summed E-state index contributed by atoms with van der Waals surface area (Å²) in [7, 11) is -1.74. The van der Waals surface area contributed by atoms with Gasteiger partial charge in [-0.1, -0.05) is 24.3 Å². The first-order valence-corrected chi connectivity index (χ1v) is 13.3. The van der Waals surface area contributed by atoms with Crippen LogP contribution in [-0.2, 0) is 29.9 Å². The van der Waals surface area contributed by atoms with Crippen molar-refractivity contribution < 1.29 is 13.2 Å². The van der Waals surface area contributed by atoms with Crippen LogP contribution >= 0.6 is 0 Å². The molecule has 0 amide bonds. The van der Waals surface area contributed by atoms with Crippen molar-refractivity contribution in [1.82, 2.24) is 9.55 Å². The highest BCUT2D eigenvalue weighted by Gasteiger charge is 2.20. The maximum absolute atomic E-state index is 12.7. The quantitative estimate of drug-likeness (QED) is 0.314. The first-order valence-electron chi connectivity index (χ1n) is 11.5. The second-order valence-corrected chi connectivity index (χ2v) is 10.4. The van der Waals surface area contributed by atoms with E-state index in [1.54, 1.807) is 23.9 Å². The largest absolute Gasteiger partial charge is 0.494 e. The lowest BCUT2D eigenvalue weighted by Gasteiger charge is -2.25. The van der Waals surface area contributed by atoms with E-state index in [0.29, 0.717) is 37.4 Å². The molecule has 8 heteroatoms. The number of ether oxygens (including phenoxy) is 1. The molecule has 2 heterocycles. The van der Waals surface area contributed by atoms with E-state index in [9.17, 15) is 13.2 Å². The van der Waals surface area contributed by atoms with E-state index in [1.807, 2.05) is 60.8 Å². The van der Waals surface area contributed by atoms with Crippen molar-refractivity contribution >= 4 is 26.6 Å². The summed E-state index contributed by atoms with van der Waals surface area (Å²) in [5, 5.41) is 0.907. The number of nitrogens with zero attached hydrogens (tertiary/aromatic N) is 3. The Morgan fingerprint density at radius 1 is 1.00 bits per heavy atom. The van der Waals surface area contributed by atoms with Crippen LogP contribution in [0.3, 0.4) is 0 Å². The molecule has 0 unspecified atom stereocenters. The number of aromatic nitrogens is 2. The van der Waals surface area contributed by atoms with Gasteiger partial charge in [0.15, 0.2) is 0 Å². The van der Waals surface area contributed by atoms with E-state index in [0.717, 1.165) is 28.5 Å². The van der Waals surface area contributed by atoms with Crippen molar-refractivity contribution in [2.45, 2.75) is 19.3 Å². The van der Waals surface area contributed by atoms with Gasteiger partial charge in [0, 0.05) is 43.9 Å². The number of hydrogen-bond donors (Lipinski definition) is 0. The molecule has 0 radical (unpaired) electrons. The van der Waals surface area contributed by atoms with Crippen LogP contribution in [0.2, 0.25) is 0 Å². The van der Waals surface area contributed by atoms with Gasteiger partial charge in [-0.3, -0.25) is 14.1 Å². The summed E-state index contributed by atoms with van der Waals surface area (Å²) in [5.41, 5.74) is 3.55. The number of benzene rings is 2. The molecule has 0 fully saturated rings. The van der Waals surface area contributed by atoms with E-state index in [1.165, 1.54) is 16.6 Å². The lowest BCUT2D eigenvalue weighted by Crippen LogP contribution is -2.32. The van der Waals surface area contributed by atoms with Gasteiger partial charge in [-0.05, 0) is 60.4 Å². The summed E-state index contributed by atoms with van der Waals surface area (Å²) in [4.78, 5) is 16.0. The number of rotatable bonds is 10. The SMILES string of the molecule is Cn1c(=O)ccc2cc(OCCCN(c3ccccc3CCc3cccnc3)S(C)(=O)=O)ccc21. The minimum Gasteiger partial charge on any atom is -0.494 e. The third kappa shape index (κ3) is 6.08. The normalized spacial score (nSPS) is 11.5. The van der Waals surface area contributed by atoms with Crippen LogP contribution in [-0.4, -0.2) is 37.4 Å². The highest BCUT2D eigenvalue weighted by atomic mass is 32.2. The number of hydrogen-bond acceptors (Lipinski definition) is 5. The number of fused-ring (bicyclic) bond motifs is 1. The molecule has 4 aromatic rings. The molecular weight excluding hydrogens is 462 g/mol. The second kappa shape index (κ2) is 10.7. The summed E-state index contributed by atoms with van der Waals surface area (Å²) in [6.45, 7) is 0.673. The molecule has 0 saturated carbocycles. The number of aryl methyl sites for hydroxylation is 3. The lowest BCUT2D eigenvalue weighted by atomic mass is 10.0. The molecule has 0 saturated heterocycles. The Morgan fingerprint density at radius 2 is 1.83 bits per heavy atom. The van der Waals surface area contributed by atoms with E-state index < -0.39 is 10.0 Å². The molecule has 4 rings (SSSR count). The summed E-state index contributed by atoms with van der Waals surface area (Å²) in [5.74, 6) is 0.680. The van der Waals surface area contributed by atoms with E-state index in [-0.39, 0.29) is 5.56 Å². The van der Waals surface area contributed by atoms with E-state index >= 15 is 0 Å². The predicted molar refractivity (Wildman–Crippen MR) is 140 cm³/mol. The maximum atomic E-state index is 12.7. The molecule has 0 bridgehead atoms. The zero-order valence-corrected chi connectivity index (χ0v) is 20.7. The average molecular weight is 492 g/mol. The molecule has 7 nitrogen and oxygen atoms in total. The highest BCUT2D eigenvalue weighted by Crippen LogP contribution is 2.25. The van der Waals surface area contributed by atoms with Gasteiger partial charge in [-0.15, -0.1) is 0 Å². The van der Waals surface area contributed by atoms with Gasteiger partial charge in [0.25, 0.3) is 5.56 Å². The van der Waals surface area contributed by atoms with Crippen molar-refractivity contribution in [2.24, 2.45) is 7.05 Å². The Bertz CT molecular complexity index is 1470.